The summed E-state index contributed by atoms with van der Waals surface area (Å²) in [6.45, 7) is 5.25. The maximum Gasteiger partial charge on any atom is 0.0477 e. The SMILES string of the molecule is C=CCCCOCCCCl. The number of allylic oxidation sites excluding steroid dienone is 1. The fourth-order valence-corrected chi connectivity index (χ4v) is 0.698. The van der Waals surface area contributed by atoms with E-state index in [9.17, 15) is 0 Å². The molecule has 0 saturated carbocycles. The van der Waals surface area contributed by atoms with Crippen molar-refractivity contribution in [3.8, 4) is 0 Å². The topological polar surface area (TPSA) is 9.23 Å². The molecule has 0 aromatic rings. The fourth-order valence-electron chi connectivity index (χ4n) is 0.588. The maximum atomic E-state index is 5.45. The third kappa shape index (κ3) is 7.99. The number of unbranched alkanes of at least 4 members (excludes halogenated alkanes) is 1. The van der Waals surface area contributed by atoms with Crippen LogP contribution in [0.4, 0.5) is 0 Å². The molecule has 2 heteroatoms. The molecule has 0 aromatic carbocycles. The van der Waals surface area contributed by atoms with Crippen LogP contribution in [0, 0.1) is 0 Å². The Hall–Kier alpha value is -0.0100. The molecule has 0 aliphatic heterocycles. The average molecular weight is 163 g/mol. The Bertz CT molecular complexity index is 73.7. The molecule has 0 fully saturated rings. The van der Waals surface area contributed by atoms with Crippen molar-refractivity contribution in [1.82, 2.24) is 0 Å². The van der Waals surface area contributed by atoms with E-state index in [1.165, 1.54) is 0 Å². The first-order chi connectivity index (χ1) is 4.91. The highest BCUT2D eigenvalue weighted by molar-refractivity contribution is 6.17. The summed E-state index contributed by atoms with van der Waals surface area (Å²) in [5.41, 5.74) is 0. The molecule has 10 heavy (non-hydrogen) atoms. The minimum Gasteiger partial charge on any atom is -0.381 e. The number of ether oxygens (including phenoxy) is 1. The summed E-state index contributed by atoms with van der Waals surface area (Å²) in [5, 5.41) is 0. The molecule has 0 unspecified atom stereocenters. The van der Waals surface area contributed by atoms with E-state index < -0.39 is 0 Å². The van der Waals surface area contributed by atoms with Gasteiger partial charge in [-0.25, -0.2) is 0 Å². The second kappa shape index (κ2) is 8.99. The van der Waals surface area contributed by atoms with Crippen molar-refractivity contribution in [2.75, 3.05) is 19.1 Å². The van der Waals surface area contributed by atoms with Crippen LogP contribution in [0.25, 0.3) is 0 Å². The van der Waals surface area contributed by atoms with Gasteiger partial charge in [0.25, 0.3) is 0 Å². The lowest BCUT2D eigenvalue weighted by molar-refractivity contribution is 0.133. The van der Waals surface area contributed by atoms with Gasteiger partial charge in [0.15, 0.2) is 0 Å². The van der Waals surface area contributed by atoms with Crippen LogP contribution in [0.3, 0.4) is 0 Å². The van der Waals surface area contributed by atoms with Crippen molar-refractivity contribution in [3.05, 3.63) is 12.7 Å². The van der Waals surface area contributed by atoms with E-state index in [1.54, 1.807) is 0 Å². The summed E-state index contributed by atoms with van der Waals surface area (Å²) in [5.74, 6) is 0.696. The van der Waals surface area contributed by atoms with Gasteiger partial charge in [0.1, 0.15) is 0 Å². The molecule has 0 heterocycles. The largest absolute Gasteiger partial charge is 0.381 e. The van der Waals surface area contributed by atoms with E-state index in [2.05, 4.69) is 6.58 Å². The van der Waals surface area contributed by atoms with Gasteiger partial charge in [-0.05, 0) is 19.3 Å². The van der Waals surface area contributed by atoms with Crippen molar-refractivity contribution >= 4 is 11.6 Å². The van der Waals surface area contributed by atoms with Crippen LogP contribution in [0.1, 0.15) is 19.3 Å². The third-order valence-corrected chi connectivity index (χ3v) is 1.39. The highest BCUT2D eigenvalue weighted by Gasteiger charge is 1.86. The van der Waals surface area contributed by atoms with Crippen LogP contribution in [0.15, 0.2) is 12.7 Å². The van der Waals surface area contributed by atoms with Crippen LogP contribution >= 0.6 is 11.6 Å². The molecule has 0 N–H and O–H groups in total. The number of alkyl halides is 1. The molecule has 0 spiro atoms. The first kappa shape index (κ1) is 9.99. The van der Waals surface area contributed by atoms with Crippen molar-refractivity contribution < 1.29 is 4.74 Å². The Kier molecular flexibility index (Phi) is 8.98. The lowest BCUT2D eigenvalue weighted by Gasteiger charge is -1.99. The minimum atomic E-state index is 0.696. The smallest absolute Gasteiger partial charge is 0.0477 e. The van der Waals surface area contributed by atoms with Crippen molar-refractivity contribution in [2.24, 2.45) is 0 Å². The van der Waals surface area contributed by atoms with E-state index in [1.807, 2.05) is 6.08 Å². The normalized spacial score (nSPS) is 9.70. The van der Waals surface area contributed by atoms with Gasteiger partial charge < -0.3 is 4.74 Å². The number of hydrogen-bond acceptors (Lipinski definition) is 1. The standard InChI is InChI=1S/C8H15ClO/c1-2-3-4-7-10-8-5-6-9/h2H,1,3-8H2. The number of rotatable bonds is 7. The summed E-state index contributed by atoms with van der Waals surface area (Å²) in [6.07, 6.45) is 4.98. The van der Waals surface area contributed by atoms with Crippen molar-refractivity contribution in [1.29, 1.82) is 0 Å². The molecule has 0 bridgehead atoms. The third-order valence-electron chi connectivity index (χ3n) is 1.12. The van der Waals surface area contributed by atoms with Gasteiger partial charge in [-0.2, -0.15) is 0 Å². The molecule has 0 aliphatic rings. The lowest BCUT2D eigenvalue weighted by atomic mass is 10.3. The molecular weight excluding hydrogens is 148 g/mol. The monoisotopic (exact) mass is 162 g/mol. The zero-order chi connectivity index (χ0) is 7.66. The van der Waals surface area contributed by atoms with E-state index in [-0.39, 0.29) is 0 Å². The van der Waals surface area contributed by atoms with Crippen molar-refractivity contribution in [2.45, 2.75) is 19.3 Å². The van der Waals surface area contributed by atoms with Gasteiger partial charge in [0.05, 0.1) is 0 Å². The van der Waals surface area contributed by atoms with E-state index in [0.717, 1.165) is 32.5 Å². The Morgan fingerprint density at radius 1 is 1.30 bits per heavy atom. The Morgan fingerprint density at radius 3 is 2.60 bits per heavy atom. The van der Waals surface area contributed by atoms with Crippen LogP contribution < -0.4 is 0 Å². The molecule has 1 nitrogen and oxygen atoms in total. The van der Waals surface area contributed by atoms with Gasteiger partial charge in [-0.15, -0.1) is 18.2 Å². The van der Waals surface area contributed by atoms with Crippen LogP contribution in [0.5, 0.6) is 0 Å². The quantitative estimate of drug-likeness (QED) is 0.318. The molecule has 0 aromatic heterocycles. The lowest BCUT2D eigenvalue weighted by Crippen LogP contribution is -1.96. The second-order valence-corrected chi connectivity index (χ2v) is 2.46. The van der Waals surface area contributed by atoms with E-state index in [4.69, 9.17) is 16.3 Å². The zero-order valence-corrected chi connectivity index (χ0v) is 7.07. The highest BCUT2D eigenvalue weighted by Crippen LogP contribution is 1.92. The Morgan fingerprint density at radius 2 is 2.00 bits per heavy atom. The number of halogens is 1. The van der Waals surface area contributed by atoms with Gasteiger partial charge >= 0.3 is 0 Å². The Balaban J connectivity index is 2.70. The molecule has 0 rings (SSSR count). The van der Waals surface area contributed by atoms with Gasteiger partial charge in [-0.1, -0.05) is 6.08 Å². The highest BCUT2D eigenvalue weighted by atomic mass is 35.5. The van der Waals surface area contributed by atoms with Gasteiger partial charge in [0.2, 0.25) is 0 Å². The molecular formula is C8H15ClO. The van der Waals surface area contributed by atoms with E-state index >= 15 is 0 Å². The predicted octanol–water partition coefficient (Wildman–Crippen LogP) is 2.60. The molecule has 0 radical (unpaired) electrons. The van der Waals surface area contributed by atoms with Gasteiger partial charge in [-0.3, -0.25) is 0 Å². The van der Waals surface area contributed by atoms with E-state index in [0.29, 0.717) is 5.88 Å². The van der Waals surface area contributed by atoms with Crippen LogP contribution in [-0.2, 0) is 4.74 Å². The summed E-state index contributed by atoms with van der Waals surface area (Å²) in [6, 6.07) is 0. The predicted molar refractivity (Wildman–Crippen MR) is 45.6 cm³/mol. The second-order valence-electron chi connectivity index (χ2n) is 2.09. The molecule has 0 saturated heterocycles. The fraction of sp³-hybridized carbons (Fsp3) is 0.750. The van der Waals surface area contributed by atoms with Gasteiger partial charge in [0, 0.05) is 19.1 Å². The molecule has 0 aliphatic carbocycles. The summed E-state index contributed by atoms with van der Waals surface area (Å²) in [7, 11) is 0. The zero-order valence-electron chi connectivity index (χ0n) is 6.31. The molecule has 0 atom stereocenters. The van der Waals surface area contributed by atoms with Crippen LogP contribution in [0.2, 0.25) is 0 Å². The maximum absolute atomic E-state index is 5.45. The minimum absolute atomic E-state index is 0.696. The summed E-state index contributed by atoms with van der Waals surface area (Å²) < 4.78 is 5.24. The van der Waals surface area contributed by atoms with Crippen molar-refractivity contribution in [3.63, 3.8) is 0 Å². The van der Waals surface area contributed by atoms with Crippen LogP contribution in [-0.4, -0.2) is 19.1 Å². The summed E-state index contributed by atoms with van der Waals surface area (Å²) >= 11 is 5.45. The molecule has 60 valence electrons. The summed E-state index contributed by atoms with van der Waals surface area (Å²) in [4.78, 5) is 0. The Labute approximate surface area is 68.0 Å². The number of hydrogen-bond donors (Lipinski definition) is 0. The molecule has 0 amide bonds. The first-order valence-electron chi connectivity index (χ1n) is 3.66. The average Bonchev–Trinajstić information content (AvgIpc) is 1.97. The first-order valence-corrected chi connectivity index (χ1v) is 4.20.